The Morgan fingerprint density at radius 3 is 2.71 bits per heavy atom. The van der Waals surface area contributed by atoms with Gasteiger partial charge in [0.15, 0.2) is 0 Å². The molecular formula is C17H23N5O2. The van der Waals surface area contributed by atoms with E-state index < -0.39 is 0 Å². The molecule has 1 aromatic heterocycles. The van der Waals surface area contributed by atoms with Crippen LogP contribution in [-0.4, -0.2) is 36.2 Å². The van der Waals surface area contributed by atoms with Gasteiger partial charge < -0.3 is 20.7 Å². The van der Waals surface area contributed by atoms with Crippen molar-refractivity contribution < 1.29 is 9.53 Å². The molecule has 0 spiro atoms. The standard InChI is InChI=1S/C17H23N5O2/c1-12-5-6-15(24-3)14(11-12)13(2)22-17(23)21-10-9-20-16-18-7-4-8-19-16/h4-8,11,13H,9-10H2,1-3H3,(H,18,19,20)(H2,21,22,23)/t13-/m0/s1. The first-order valence-electron chi connectivity index (χ1n) is 7.80. The first kappa shape index (κ1) is 17.5. The summed E-state index contributed by atoms with van der Waals surface area (Å²) in [5.41, 5.74) is 2.07. The molecule has 128 valence electrons. The topological polar surface area (TPSA) is 88.2 Å². The molecule has 0 aliphatic carbocycles. The molecule has 2 rings (SSSR count). The lowest BCUT2D eigenvalue weighted by Crippen LogP contribution is -2.39. The van der Waals surface area contributed by atoms with Gasteiger partial charge in [-0.3, -0.25) is 0 Å². The van der Waals surface area contributed by atoms with Crippen LogP contribution in [0.2, 0.25) is 0 Å². The average Bonchev–Trinajstić information content (AvgIpc) is 2.59. The van der Waals surface area contributed by atoms with E-state index in [-0.39, 0.29) is 12.1 Å². The average molecular weight is 329 g/mol. The summed E-state index contributed by atoms with van der Waals surface area (Å²) in [4.78, 5) is 20.1. The van der Waals surface area contributed by atoms with Gasteiger partial charge >= 0.3 is 6.03 Å². The summed E-state index contributed by atoms with van der Waals surface area (Å²) in [5, 5.41) is 8.73. The van der Waals surface area contributed by atoms with Crippen LogP contribution in [-0.2, 0) is 0 Å². The van der Waals surface area contributed by atoms with E-state index in [0.717, 1.165) is 16.9 Å². The molecule has 3 N–H and O–H groups in total. The lowest BCUT2D eigenvalue weighted by Gasteiger charge is -2.18. The Bertz CT molecular complexity index is 663. The zero-order valence-electron chi connectivity index (χ0n) is 14.2. The van der Waals surface area contributed by atoms with E-state index in [1.807, 2.05) is 32.0 Å². The number of anilines is 1. The Morgan fingerprint density at radius 2 is 2.00 bits per heavy atom. The number of nitrogens with zero attached hydrogens (tertiary/aromatic N) is 2. The van der Waals surface area contributed by atoms with Crippen LogP contribution in [0.25, 0.3) is 0 Å². The van der Waals surface area contributed by atoms with Crippen molar-refractivity contribution in [1.29, 1.82) is 0 Å². The Balaban J connectivity index is 1.78. The third-order valence-electron chi connectivity index (χ3n) is 3.46. The predicted octanol–water partition coefficient (Wildman–Crippen LogP) is 2.27. The van der Waals surface area contributed by atoms with E-state index in [2.05, 4.69) is 25.9 Å². The molecule has 0 unspecified atom stereocenters. The van der Waals surface area contributed by atoms with Crippen LogP contribution in [0.5, 0.6) is 5.75 Å². The number of carbonyl (C=O) groups excluding carboxylic acids is 1. The molecule has 0 bridgehead atoms. The molecule has 7 nitrogen and oxygen atoms in total. The van der Waals surface area contributed by atoms with Gasteiger partial charge in [0.2, 0.25) is 5.95 Å². The van der Waals surface area contributed by atoms with E-state index in [1.165, 1.54) is 0 Å². The van der Waals surface area contributed by atoms with E-state index >= 15 is 0 Å². The van der Waals surface area contributed by atoms with Crippen LogP contribution in [0, 0.1) is 6.92 Å². The molecule has 0 saturated carbocycles. The molecule has 1 atom stereocenters. The molecule has 7 heteroatoms. The van der Waals surface area contributed by atoms with Gasteiger partial charge in [0.25, 0.3) is 0 Å². The lowest BCUT2D eigenvalue weighted by atomic mass is 10.0. The number of rotatable bonds is 7. The molecule has 0 fully saturated rings. The zero-order valence-corrected chi connectivity index (χ0v) is 14.2. The highest BCUT2D eigenvalue weighted by Crippen LogP contribution is 2.25. The largest absolute Gasteiger partial charge is 0.496 e. The van der Waals surface area contributed by atoms with Crippen LogP contribution in [0.15, 0.2) is 36.7 Å². The number of amides is 2. The number of carbonyl (C=O) groups is 1. The minimum absolute atomic E-state index is 0.162. The maximum atomic E-state index is 12.0. The first-order valence-corrected chi connectivity index (χ1v) is 7.80. The summed E-state index contributed by atoms with van der Waals surface area (Å²) in [7, 11) is 1.62. The quantitative estimate of drug-likeness (QED) is 0.678. The van der Waals surface area contributed by atoms with Crippen molar-refractivity contribution in [2.75, 3.05) is 25.5 Å². The highest BCUT2D eigenvalue weighted by atomic mass is 16.5. The van der Waals surface area contributed by atoms with Crippen molar-refractivity contribution >= 4 is 12.0 Å². The summed E-state index contributed by atoms with van der Waals surface area (Å²) >= 11 is 0. The van der Waals surface area contributed by atoms with Crippen LogP contribution in [0.3, 0.4) is 0 Å². The van der Waals surface area contributed by atoms with E-state index in [0.29, 0.717) is 19.0 Å². The van der Waals surface area contributed by atoms with Crippen molar-refractivity contribution in [1.82, 2.24) is 20.6 Å². The van der Waals surface area contributed by atoms with E-state index in [1.54, 1.807) is 25.6 Å². The van der Waals surface area contributed by atoms with Crippen molar-refractivity contribution in [3.05, 3.63) is 47.8 Å². The Kier molecular flexibility index (Phi) is 6.36. The van der Waals surface area contributed by atoms with Crippen molar-refractivity contribution in [2.24, 2.45) is 0 Å². The van der Waals surface area contributed by atoms with Gasteiger partial charge in [-0.2, -0.15) is 0 Å². The molecule has 1 heterocycles. The summed E-state index contributed by atoms with van der Waals surface area (Å²) in [6, 6.07) is 7.25. The Morgan fingerprint density at radius 1 is 1.25 bits per heavy atom. The maximum Gasteiger partial charge on any atom is 0.315 e. The second-order valence-corrected chi connectivity index (χ2v) is 5.37. The normalized spacial score (nSPS) is 11.5. The highest BCUT2D eigenvalue weighted by Gasteiger charge is 2.14. The number of aryl methyl sites for hydroxylation is 1. The van der Waals surface area contributed by atoms with Crippen molar-refractivity contribution in [3.63, 3.8) is 0 Å². The molecule has 0 aliphatic rings. The Hall–Kier alpha value is -2.83. The second-order valence-electron chi connectivity index (χ2n) is 5.37. The molecule has 0 saturated heterocycles. The van der Waals surface area contributed by atoms with Crippen LogP contribution < -0.4 is 20.7 Å². The Labute approximate surface area is 141 Å². The number of nitrogens with one attached hydrogen (secondary N) is 3. The fraction of sp³-hybridized carbons (Fsp3) is 0.353. The molecule has 0 radical (unpaired) electrons. The zero-order chi connectivity index (χ0) is 17.4. The van der Waals surface area contributed by atoms with Gasteiger partial charge in [-0.1, -0.05) is 17.7 Å². The number of methoxy groups -OCH3 is 1. The maximum absolute atomic E-state index is 12.0. The van der Waals surface area contributed by atoms with Gasteiger partial charge in [-0.15, -0.1) is 0 Å². The summed E-state index contributed by atoms with van der Waals surface area (Å²) in [5.74, 6) is 1.30. The third-order valence-corrected chi connectivity index (χ3v) is 3.46. The fourth-order valence-electron chi connectivity index (χ4n) is 2.26. The minimum Gasteiger partial charge on any atom is -0.496 e. The first-order chi connectivity index (χ1) is 11.6. The number of benzene rings is 1. The molecule has 1 aromatic carbocycles. The van der Waals surface area contributed by atoms with Crippen molar-refractivity contribution in [2.45, 2.75) is 19.9 Å². The number of aromatic nitrogens is 2. The van der Waals surface area contributed by atoms with Crippen LogP contribution in [0.4, 0.5) is 10.7 Å². The lowest BCUT2D eigenvalue weighted by molar-refractivity contribution is 0.238. The minimum atomic E-state index is -0.234. The van der Waals surface area contributed by atoms with Crippen molar-refractivity contribution in [3.8, 4) is 5.75 Å². The number of hydrogen-bond donors (Lipinski definition) is 3. The molecule has 0 aliphatic heterocycles. The number of urea groups is 1. The monoisotopic (exact) mass is 329 g/mol. The summed E-state index contributed by atoms with van der Waals surface area (Å²) in [6.45, 7) is 4.93. The van der Waals surface area contributed by atoms with Crippen LogP contribution in [0.1, 0.15) is 24.1 Å². The molecule has 2 aromatic rings. The van der Waals surface area contributed by atoms with E-state index in [4.69, 9.17) is 4.74 Å². The molecule has 24 heavy (non-hydrogen) atoms. The highest BCUT2D eigenvalue weighted by molar-refractivity contribution is 5.74. The predicted molar refractivity (Wildman–Crippen MR) is 93.2 cm³/mol. The number of hydrogen-bond acceptors (Lipinski definition) is 5. The number of ether oxygens (including phenoxy) is 1. The molecular weight excluding hydrogens is 306 g/mol. The van der Waals surface area contributed by atoms with Gasteiger partial charge in [0.05, 0.1) is 13.2 Å². The van der Waals surface area contributed by atoms with Crippen LogP contribution >= 0.6 is 0 Å². The second kappa shape index (κ2) is 8.71. The van der Waals surface area contributed by atoms with Gasteiger partial charge in [-0.05, 0) is 26.0 Å². The molecule has 2 amide bonds. The van der Waals surface area contributed by atoms with Gasteiger partial charge in [0.1, 0.15) is 5.75 Å². The summed E-state index contributed by atoms with van der Waals surface area (Å²) in [6.07, 6.45) is 3.32. The SMILES string of the molecule is COc1ccc(C)cc1[C@H](C)NC(=O)NCCNc1ncccn1. The fourth-order valence-corrected chi connectivity index (χ4v) is 2.26. The summed E-state index contributed by atoms with van der Waals surface area (Å²) < 4.78 is 5.35. The smallest absolute Gasteiger partial charge is 0.315 e. The van der Waals surface area contributed by atoms with Gasteiger partial charge in [-0.25, -0.2) is 14.8 Å². The van der Waals surface area contributed by atoms with Gasteiger partial charge in [0, 0.05) is 31.0 Å². The van der Waals surface area contributed by atoms with E-state index in [9.17, 15) is 4.79 Å². The third kappa shape index (κ3) is 5.12.